The molecule has 0 aliphatic heterocycles. The van der Waals surface area contributed by atoms with Crippen LogP contribution in [-0.4, -0.2) is 5.78 Å². The summed E-state index contributed by atoms with van der Waals surface area (Å²) in [6.07, 6.45) is 1.32. The van der Waals surface area contributed by atoms with Gasteiger partial charge in [-0.1, -0.05) is 27.7 Å². The Kier molecular flexibility index (Phi) is 2.89. The highest BCUT2D eigenvalue weighted by Crippen LogP contribution is 2.21. The van der Waals surface area contributed by atoms with Crippen molar-refractivity contribution in [2.45, 2.75) is 33.6 Å². The Balaban J connectivity index is 3.97. The maximum absolute atomic E-state index is 11.0. The van der Waals surface area contributed by atoms with E-state index in [4.69, 9.17) is 0 Å². The van der Waals surface area contributed by atoms with Crippen molar-refractivity contribution in [2.24, 2.45) is 5.41 Å². The Morgan fingerprint density at radius 2 is 2.00 bits per heavy atom. The molecule has 0 unspecified atom stereocenters. The van der Waals surface area contributed by atoms with Gasteiger partial charge in [0.1, 0.15) is 5.78 Å². The van der Waals surface area contributed by atoms with Crippen LogP contribution in [0.3, 0.4) is 0 Å². The van der Waals surface area contributed by atoms with Crippen LogP contribution >= 0.6 is 0 Å². The van der Waals surface area contributed by atoms with Crippen LogP contribution in [0.2, 0.25) is 0 Å². The lowest BCUT2D eigenvalue weighted by Crippen LogP contribution is -2.21. The number of Topliss-reactive ketones (excluding diaryl/α,β-unsaturated/α-hetero) is 1. The Bertz CT molecular complexity index is 103. The van der Waals surface area contributed by atoms with Crippen molar-refractivity contribution >= 4 is 5.78 Å². The van der Waals surface area contributed by atoms with Gasteiger partial charge in [0.15, 0.2) is 0 Å². The second kappa shape index (κ2) is 3.00. The van der Waals surface area contributed by atoms with Gasteiger partial charge in [0.05, 0.1) is 0 Å². The Morgan fingerprint density at radius 1 is 1.56 bits per heavy atom. The molecule has 0 saturated heterocycles. The van der Waals surface area contributed by atoms with Crippen LogP contribution in [0.1, 0.15) is 33.6 Å². The lowest BCUT2D eigenvalue weighted by molar-refractivity contribution is -0.126. The zero-order valence-electron chi connectivity index (χ0n) is 6.53. The molecule has 0 N–H and O–H groups in total. The molecule has 0 heterocycles. The molecule has 9 heavy (non-hydrogen) atoms. The molecule has 0 aromatic rings. The van der Waals surface area contributed by atoms with Crippen molar-refractivity contribution in [1.82, 2.24) is 0 Å². The van der Waals surface area contributed by atoms with Crippen LogP contribution in [0.5, 0.6) is 0 Å². The fraction of sp³-hybridized carbons (Fsp3) is 0.750. The van der Waals surface area contributed by atoms with Gasteiger partial charge in [0.2, 0.25) is 0 Å². The van der Waals surface area contributed by atoms with Crippen molar-refractivity contribution in [3.05, 3.63) is 6.92 Å². The first kappa shape index (κ1) is 8.67. The lowest BCUT2D eigenvalue weighted by atomic mass is 9.84. The minimum absolute atomic E-state index is 0.200. The normalized spacial score (nSPS) is 11.6. The van der Waals surface area contributed by atoms with Gasteiger partial charge in [-0.3, -0.25) is 4.79 Å². The van der Waals surface area contributed by atoms with Crippen molar-refractivity contribution in [3.63, 3.8) is 0 Å². The third-order valence-corrected chi connectivity index (χ3v) is 1.70. The standard InChI is InChI=1S/C8H15O/c1-5-7(9)8(3,4)6-2/h2,5-6H2,1,3-4H3. The number of carbonyl (C=O) groups excluding carboxylic acids is 1. The zero-order chi connectivity index (χ0) is 7.49. The molecule has 0 aromatic heterocycles. The van der Waals surface area contributed by atoms with Gasteiger partial charge in [-0.15, -0.1) is 0 Å². The molecule has 0 saturated carbocycles. The molecular weight excluding hydrogens is 112 g/mol. The van der Waals surface area contributed by atoms with Crippen LogP contribution in [0.25, 0.3) is 0 Å². The molecule has 0 bridgehead atoms. The Hall–Kier alpha value is -0.330. The molecule has 0 aromatic carbocycles. The lowest BCUT2D eigenvalue weighted by Gasteiger charge is -2.19. The molecule has 0 fully saturated rings. The van der Waals surface area contributed by atoms with Gasteiger partial charge in [0, 0.05) is 11.8 Å². The average Bonchev–Trinajstić information content (AvgIpc) is 1.86. The summed E-state index contributed by atoms with van der Waals surface area (Å²) in [5.74, 6) is 0.303. The first-order valence-corrected chi connectivity index (χ1v) is 3.37. The summed E-state index contributed by atoms with van der Waals surface area (Å²) < 4.78 is 0. The first-order valence-electron chi connectivity index (χ1n) is 3.37. The SMILES string of the molecule is [CH2]CC(C)(C)C(=O)CC. The van der Waals surface area contributed by atoms with Gasteiger partial charge < -0.3 is 0 Å². The third-order valence-electron chi connectivity index (χ3n) is 1.70. The van der Waals surface area contributed by atoms with E-state index in [0.29, 0.717) is 18.6 Å². The summed E-state index contributed by atoms with van der Waals surface area (Å²) in [6, 6.07) is 0. The second-order valence-electron chi connectivity index (χ2n) is 2.91. The average molecular weight is 127 g/mol. The molecule has 1 radical (unpaired) electrons. The van der Waals surface area contributed by atoms with E-state index in [2.05, 4.69) is 6.92 Å². The number of hydrogen-bond donors (Lipinski definition) is 0. The highest BCUT2D eigenvalue weighted by Gasteiger charge is 2.22. The summed E-state index contributed by atoms with van der Waals surface area (Å²) in [5.41, 5.74) is -0.200. The van der Waals surface area contributed by atoms with Crippen molar-refractivity contribution in [2.75, 3.05) is 0 Å². The Morgan fingerprint density at radius 3 is 2.11 bits per heavy atom. The maximum Gasteiger partial charge on any atom is 0.138 e. The third kappa shape index (κ3) is 2.17. The highest BCUT2D eigenvalue weighted by atomic mass is 16.1. The summed E-state index contributed by atoms with van der Waals surface area (Å²) in [7, 11) is 0. The number of hydrogen-bond acceptors (Lipinski definition) is 1. The number of carbonyl (C=O) groups is 1. The van der Waals surface area contributed by atoms with Gasteiger partial charge in [-0.05, 0) is 6.42 Å². The topological polar surface area (TPSA) is 17.1 Å². The molecule has 0 rings (SSSR count). The summed E-state index contributed by atoms with van der Waals surface area (Å²) in [4.78, 5) is 11.0. The molecule has 0 aliphatic rings. The Labute approximate surface area is 57.5 Å². The van der Waals surface area contributed by atoms with Crippen LogP contribution in [0.4, 0.5) is 0 Å². The van der Waals surface area contributed by atoms with E-state index < -0.39 is 0 Å². The van der Waals surface area contributed by atoms with E-state index in [9.17, 15) is 4.79 Å². The zero-order valence-corrected chi connectivity index (χ0v) is 6.53. The number of rotatable bonds is 3. The monoisotopic (exact) mass is 127 g/mol. The largest absolute Gasteiger partial charge is 0.299 e. The molecule has 0 amide bonds. The molecule has 1 heteroatoms. The van der Waals surface area contributed by atoms with E-state index in [1.54, 1.807) is 0 Å². The van der Waals surface area contributed by atoms with E-state index in [0.717, 1.165) is 0 Å². The smallest absolute Gasteiger partial charge is 0.138 e. The molecule has 1 nitrogen and oxygen atoms in total. The summed E-state index contributed by atoms with van der Waals surface area (Å²) >= 11 is 0. The number of ketones is 1. The summed E-state index contributed by atoms with van der Waals surface area (Å²) in [5, 5.41) is 0. The van der Waals surface area contributed by atoms with Crippen molar-refractivity contribution in [1.29, 1.82) is 0 Å². The fourth-order valence-electron chi connectivity index (χ4n) is 0.618. The molecule has 0 aliphatic carbocycles. The second-order valence-corrected chi connectivity index (χ2v) is 2.91. The predicted molar refractivity (Wildman–Crippen MR) is 39.1 cm³/mol. The van der Waals surface area contributed by atoms with Crippen LogP contribution in [0.15, 0.2) is 0 Å². The van der Waals surface area contributed by atoms with E-state index in [1.165, 1.54) is 0 Å². The van der Waals surface area contributed by atoms with Crippen molar-refractivity contribution < 1.29 is 4.79 Å². The van der Waals surface area contributed by atoms with Gasteiger partial charge >= 0.3 is 0 Å². The predicted octanol–water partition coefficient (Wildman–Crippen LogP) is 2.22. The van der Waals surface area contributed by atoms with Crippen LogP contribution in [0, 0.1) is 12.3 Å². The van der Waals surface area contributed by atoms with Crippen molar-refractivity contribution in [3.8, 4) is 0 Å². The molecule has 53 valence electrons. The molecule has 0 spiro atoms. The van der Waals surface area contributed by atoms with Gasteiger partial charge in [-0.25, -0.2) is 0 Å². The first-order chi connectivity index (χ1) is 4.04. The van der Waals surface area contributed by atoms with E-state index >= 15 is 0 Å². The van der Waals surface area contributed by atoms with E-state index in [1.807, 2.05) is 20.8 Å². The maximum atomic E-state index is 11.0. The molecular formula is C8H15O. The fourth-order valence-corrected chi connectivity index (χ4v) is 0.618. The van der Waals surface area contributed by atoms with Gasteiger partial charge in [-0.2, -0.15) is 0 Å². The van der Waals surface area contributed by atoms with Crippen LogP contribution < -0.4 is 0 Å². The molecule has 0 atom stereocenters. The summed E-state index contributed by atoms with van der Waals surface area (Å²) in [6.45, 7) is 9.47. The minimum atomic E-state index is -0.200. The van der Waals surface area contributed by atoms with Gasteiger partial charge in [0.25, 0.3) is 0 Å². The quantitative estimate of drug-likeness (QED) is 0.568. The minimum Gasteiger partial charge on any atom is -0.299 e. The van der Waals surface area contributed by atoms with Crippen LogP contribution in [-0.2, 0) is 4.79 Å². The highest BCUT2D eigenvalue weighted by molar-refractivity contribution is 5.83. The van der Waals surface area contributed by atoms with E-state index in [-0.39, 0.29) is 5.41 Å².